The summed E-state index contributed by atoms with van der Waals surface area (Å²) < 4.78 is 0. The highest BCUT2D eigenvalue weighted by Crippen LogP contribution is 2.17. The average molecular weight is 273 g/mol. The molecule has 1 aromatic rings. The molecule has 0 atom stereocenters. The minimum absolute atomic E-state index is 0.0313. The Balaban J connectivity index is 3.10. The van der Waals surface area contributed by atoms with Crippen LogP contribution in [0, 0.1) is 18.8 Å². The van der Waals surface area contributed by atoms with Gasteiger partial charge in [0.1, 0.15) is 6.61 Å². The number of aliphatic hydroxyl groups is 1. The quantitative estimate of drug-likeness (QED) is 0.857. The molecule has 1 rings (SSSR count). The molecule has 0 aromatic heterocycles. The van der Waals surface area contributed by atoms with Gasteiger partial charge in [-0.2, -0.15) is 0 Å². The second-order valence-electron chi connectivity index (χ2n) is 4.82. The summed E-state index contributed by atoms with van der Waals surface area (Å²) in [5, 5.41) is 8.77. The third-order valence-corrected chi connectivity index (χ3v) is 3.68. The first-order valence-electron chi connectivity index (χ1n) is 7.03. The van der Waals surface area contributed by atoms with Gasteiger partial charge in [-0.05, 0) is 37.5 Å². The second-order valence-corrected chi connectivity index (χ2v) is 4.82. The number of amides is 1. The van der Waals surface area contributed by atoms with Crippen LogP contribution in [0.3, 0.4) is 0 Å². The number of carbonyl (C=O) groups excluding carboxylic acids is 1. The summed E-state index contributed by atoms with van der Waals surface area (Å²) in [6, 6.07) is 5.80. The molecule has 1 N–H and O–H groups in total. The minimum atomic E-state index is -0.175. The zero-order valence-electron chi connectivity index (χ0n) is 12.7. The van der Waals surface area contributed by atoms with Gasteiger partial charge in [-0.3, -0.25) is 4.79 Å². The Morgan fingerprint density at radius 2 is 2.00 bits per heavy atom. The highest BCUT2D eigenvalue weighted by Gasteiger charge is 2.20. The maximum Gasteiger partial charge on any atom is 0.254 e. The Bertz CT molecular complexity index is 522. The molecule has 0 heterocycles. The van der Waals surface area contributed by atoms with E-state index in [9.17, 15) is 4.79 Å². The zero-order chi connectivity index (χ0) is 15.1. The number of benzene rings is 1. The van der Waals surface area contributed by atoms with Gasteiger partial charge in [0, 0.05) is 24.2 Å². The molecule has 0 fully saturated rings. The Hall–Kier alpha value is -1.79. The van der Waals surface area contributed by atoms with E-state index in [1.165, 1.54) is 0 Å². The molecular weight excluding hydrogens is 250 g/mol. The lowest BCUT2D eigenvalue weighted by atomic mass is 10.0. The molecule has 1 amide bonds. The predicted octanol–water partition coefficient (Wildman–Crippen LogP) is 2.60. The van der Waals surface area contributed by atoms with E-state index in [0.29, 0.717) is 5.56 Å². The molecular formula is C17H23NO2. The standard InChI is InChI=1S/C17H23NO2/c1-5-15(6-2)18(4)17(20)16-11-7-9-14(13(16)3)10-8-12-19/h7,9,11,15,19H,5-6,12H2,1-4H3. The Kier molecular flexibility index (Phi) is 6.27. The smallest absolute Gasteiger partial charge is 0.254 e. The van der Waals surface area contributed by atoms with E-state index >= 15 is 0 Å². The minimum Gasteiger partial charge on any atom is -0.384 e. The van der Waals surface area contributed by atoms with Gasteiger partial charge in [0.2, 0.25) is 0 Å². The third-order valence-electron chi connectivity index (χ3n) is 3.68. The van der Waals surface area contributed by atoms with Crippen LogP contribution in [-0.4, -0.2) is 35.6 Å². The molecule has 0 aliphatic rings. The SMILES string of the molecule is CCC(CC)N(C)C(=O)c1cccc(C#CCO)c1C. The lowest BCUT2D eigenvalue weighted by Crippen LogP contribution is -2.36. The first-order valence-corrected chi connectivity index (χ1v) is 7.03. The highest BCUT2D eigenvalue weighted by atomic mass is 16.2. The molecule has 0 aliphatic carbocycles. The normalized spacial score (nSPS) is 10.1. The topological polar surface area (TPSA) is 40.5 Å². The number of aliphatic hydroxyl groups excluding tert-OH is 1. The fourth-order valence-corrected chi connectivity index (χ4v) is 2.33. The van der Waals surface area contributed by atoms with E-state index in [1.807, 2.05) is 37.1 Å². The molecule has 0 unspecified atom stereocenters. The third kappa shape index (κ3) is 3.61. The summed E-state index contributed by atoms with van der Waals surface area (Å²) in [6.07, 6.45) is 1.89. The van der Waals surface area contributed by atoms with Crippen molar-refractivity contribution in [1.29, 1.82) is 0 Å². The van der Waals surface area contributed by atoms with Crippen molar-refractivity contribution in [2.24, 2.45) is 0 Å². The monoisotopic (exact) mass is 273 g/mol. The van der Waals surface area contributed by atoms with Crippen molar-refractivity contribution >= 4 is 5.91 Å². The van der Waals surface area contributed by atoms with Gasteiger partial charge in [0.15, 0.2) is 0 Å². The van der Waals surface area contributed by atoms with Crippen LogP contribution in [0.25, 0.3) is 0 Å². The van der Waals surface area contributed by atoms with Crippen LogP contribution >= 0.6 is 0 Å². The zero-order valence-corrected chi connectivity index (χ0v) is 12.7. The summed E-state index contributed by atoms with van der Waals surface area (Å²) in [6.45, 7) is 5.91. The van der Waals surface area contributed by atoms with E-state index in [-0.39, 0.29) is 18.6 Å². The molecule has 0 saturated carbocycles. The Labute approximate surface area is 121 Å². The summed E-state index contributed by atoms with van der Waals surface area (Å²) >= 11 is 0. The molecule has 0 bridgehead atoms. The molecule has 3 nitrogen and oxygen atoms in total. The second kappa shape index (κ2) is 7.72. The maximum absolute atomic E-state index is 12.6. The van der Waals surface area contributed by atoms with Crippen LogP contribution in [0.1, 0.15) is 48.2 Å². The Morgan fingerprint density at radius 3 is 2.55 bits per heavy atom. The van der Waals surface area contributed by atoms with E-state index < -0.39 is 0 Å². The van der Waals surface area contributed by atoms with Gasteiger partial charge in [0.05, 0.1) is 0 Å². The lowest BCUT2D eigenvalue weighted by Gasteiger charge is -2.27. The molecule has 0 radical (unpaired) electrons. The molecule has 0 saturated heterocycles. The van der Waals surface area contributed by atoms with E-state index in [4.69, 9.17) is 5.11 Å². The molecule has 0 aliphatic heterocycles. The van der Waals surface area contributed by atoms with Gasteiger partial charge >= 0.3 is 0 Å². The lowest BCUT2D eigenvalue weighted by molar-refractivity contribution is 0.0723. The number of hydrogen-bond acceptors (Lipinski definition) is 2. The van der Waals surface area contributed by atoms with Crippen molar-refractivity contribution in [1.82, 2.24) is 4.90 Å². The van der Waals surface area contributed by atoms with Crippen molar-refractivity contribution in [3.05, 3.63) is 34.9 Å². The van der Waals surface area contributed by atoms with Gasteiger partial charge in [-0.15, -0.1) is 0 Å². The molecule has 1 aromatic carbocycles. The first-order chi connectivity index (χ1) is 9.56. The maximum atomic E-state index is 12.6. The van der Waals surface area contributed by atoms with E-state index in [2.05, 4.69) is 25.7 Å². The Morgan fingerprint density at radius 1 is 1.35 bits per heavy atom. The summed E-state index contributed by atoms with van der Waals surface area (Å²) in [4.78, 5) is 14.4. The average Bonchev–Trinajstić information content (AvgIpc) is 2.46. The van der Waals surface area contributed by atoms with Crippen LogP contribution in [0.5, 0.6) is 0 Å². The van der Waals surface area contributed by atoms with E-state index in [0.717, 1.165) is 24.0 Å². The molecule has 3 heteroatoms. The molecule has 108 valence electrons. The number of rotatable bonds is 4. The predicted molar refractivity (Wildman–Crippen MR) is 81.6 cm³/mol. The van der Waals surface area contributed by atoms with Crippen molar-refractivity contribution in [3.8, 4) is 11.8 Å². The molecule has 20 heavy (non-hydrogen) atoms. The van der Waals surface area contributed by atoms with Gasteiger partial charge in [-0.25, -0.2) is 0 Å². The summed E-state index contributed by atoms with van der Waals surface area (Å²) in [7, 11) is 1.85. The number of hydrogen-bond donors (Lipinski definition) is 1. The largest absolute Gasteiger partial charge is 0.384 e. The van der Waals surface area contributed by atoms with E-state index in [1.54, 1.807) is 0 Å². The molecule has 0 spiro atoms. The van der Waals surface area contributed by atoms with Crippen molar-refractivity contribution in [2.45, 2.75) is 39.7 Å². The van der Waals surface area contributed by atoms with Gasteiger partial charge in [0.25, 0.3) is 5.91 Å². The van der Waals surface area contributed by atoms with Gasteiger partial charge < -0.3 is 10.0 Å². The van der Waals surface area contributed by atoms with Crippen molar-refractivity contribution in [3.63, 3.8) is 0 Å². The summed E-state index contributed by atoms with van der Waals surface area (Å²) in [5.41, 5.74) is 2.35. The van der Waals surface area contributed by atoms with Crippen molar-refractivity contribution < 1.29 is 9.90 Å². The van der Waals surface area contributed by atoms with Crippen LogP contribution in [0.15, 0.2) is 18.2 Å². The van der Waals surface area contributed by atoms with Crippen LogP contribution in [-0.2, 0) is 0 Å². The van der Waals surface area contributed by atoms with Gasteiger partial charge in [-0.1, -0.05) is 31.8 Å². The summed E-state index contributed by atoms with van der Waals surface area (Å²) in [5.74, 6) is 5.54. The number of nitrogens with zero attached hydrogens (tertiary/aromatic N) is 1. The van der Waals surface area contributed by atoms with Crippen LogP contribution in [0.2, 0.25) is 0 Å². The van der Waals surface area contributed by atoms with Crippen LogP contribution in [0.4, 0.5) is 0 Å². The fourth-order valence-electron chi connectivity index (χ4n) is 2.33. The fraction of sp³-hybridized carbons (Fsp3) is 0.471. The first kappa shape index (κ1) is 16.3. The van der Waals surface area contributed by atoms with Crippen molar-refractivity contribution in [2.75, 3.05) is 13.7 Å². The number of carbonyl (C=O) groups is 1. The highest BCUT2D eigenvalue weighted by molar-refractivity contribution is 5.96. The van der Waals surface area contributed by atoms with Crippen LogP contribution < -0.4 is 0 Å².